The SMILES string of the molecule is CC(NC(=O)c1ccc(CN2CCOCC2)cc1)c1ccc(NC(=O)NCCc2cccnc2)cc1C#Cc1ccc(F)cc1. The first-order chi connectivity index (χ1) is 21.9. The van der Waals surface area contributed by atoms with E-state index in [0.29, 0.717) is 35.3 Å². The van der Waals surface area contributed by atoms with Crippen molar-refractivity contribution in [3.8, 4) is 11.8 Å². The zero-order chi connectivity index (χ0) is 31.4. The first-order valence-corrected chi connectivity index (χ1v) is 15.0. The second-order valence-corrected chi connectivity index (χ2v) is 10.8. The first kappa shape index (κ1) is 31.4. The molecule has 2 heterocycles. The summed E-state index contributed by atoms with van der Waals surface area (Å²) in [6.07, 6.45) is 4.13. The molecule has 0 aliphatic carbocycles. The highest BCUT2D eigenvalue weighted by Crippen LogP contribution is 2.23. The predicted octanol–water partition coefficient (Wildman–Crippen LogP) is 5.31. The van der Waals surface area contributed by atoms with Gasteiger partial charge in [0.2, 0.25) is 0 Å². The summed E-state index contributed by atoms with van der Waals surface area (Å²) in [5.74, 6) is 5.68. The fraction of sp³-hybridized carbons (Fsp3) is 0.250. The minimum atomic E-state index is -0.384. The van der Waals surface area contributed by atoms with Gasteiger partial charge in [0.1, 0.15) is 5.82 Å². The van der Waals surface area contributed by atoms with Crippen LogP contribution in [0, 0.1) is 17.7 Å². The van der Waals surface area contributed by atoms with Gasteiger partial charge in [-0.15, -0.1) is 0 Å². The van der Waals surface area contributed by atoms with E-state index in [1.54, 1.807) is 36.7 Å². The average Bonchev–Trinajstić information content (AvgIpc) is 3.06. The van der Waals surface area contributed by atoms with E-state index in [-0.39, 0.29) is 23.8 Å². The van der Waals surface area contributed by atoms with E-state index >= 15 is 0 Å². The molecule has 9 heteroatoms. The predicted molar refractivity (Wildman–Crippen MR) is 172 cm³/mol. The van der Waals surface area contributed by atoms with Crippen molar-refractivity contribution in [3.63, 3.8) is 0 Å². The molecule has 1 aromatic heterocycles. The van der Waals surface area contributed by atoms with Crippen molar-refractivity contribution in [2.75, 3.05) is 38.2 Å². The molecule has 45 heavy (non-hydrogen) atoms. The smallest absolute Gasteiger partial charge is 0.319 e. The van der Waals surface area contributed by atoms with Gasteiger partial charge >= 0.3 is 6.03 Å². The molecule has 8 nitrogen and oxygen atoms in total. The molecule has 0 spiro atoms. The van der Waals surface area contributed by atoms with Gasteiger partial charge in [0, 0.05) is 61.0 Å². The van der Waals surface area contributed by atoms with Gasteiger partial charge in [-0.2, -0.15) is 0 Å². The molecule has 5 rings (SSSR count). The standard InChI is InChI=1S/C36H36FN5O3/c1-26(40-35(43)30-9-5-29(6-10-30)25-42-19-21-45-22-20-42)34-15-14-33(23-31(34)11-4-27-7-12-32(37)13-8-27)41-36(44)39-18-16-28-3-2-17-38-24-28/h2-3,5-10,12-15,17,23-24,26H,16,18-22,25H2,1H3,(H,40,43)(H2,39,41,44). The van der Waals surface area contributed by atoms with Crippen LogP contribution in [-0.2, 0) is 17.7 Å². The van der Waals surface area contributed by atoms with Crippen molar-refractivity contribution in [2.24, 2.45) is 0 Å². The van der Waals surface area contributed by atoms with Crippen LogP contribution >= 0.6 is 0 Å². The van der Waals surface area contributed by atoms with Gasteiger partial charge in [-0.25, -0.2) is 9.18 Å². The highest BCUT2D eigenvalue weighted by Gasteiger charge is 2.16. The zero-order valence-corrected chi connectivity index (χ0v) is 25.2. The number of hydrogen-bond acceptors (Lipinski definition) is 5. The van der Waals surface area contributed by atoms with Gasteiger partial charge < -0.3 is 20.7 Å². The number of amides is 3. The van der Waals surface area contributed by atoms with Crippen LogP contribution in [0.2, 0.25) is 0 Å². The number of urea groups is 1. The molecule has 0 bridgehead atoms. The van der Waals surface area contributed by atoms with Gasteiger partial charge in [0.15, 0.2) is 0 Å². The molecule has 1 saturated heterocycles. The number of carbonyl (C=O) groups is 2. The van der Waals surface area contributed by atoms with Crippen molar-refractivity contribution >= 4 is 17.6 Å². The lowest BCUT2D eigenvalue weighted by Gasteiger charge is -2.26. The molecule has 230 valence electrons. The molecule has 0 radical (unpaired) electrons. The minimum Gasteiger partial charge on any atom is -0.379 e. The number of pyridine rings is 1. The van der Waals surface area contributed by atoms with Crippen LogP contribution in [0.3, 0.4) is 0 Å². The Morgan fingerprint density at radius 1 is 0.978 bits per heavy atom. The van der Waals surface area contributed by atoms with Crippen LogP contribution in [0.4, 0.5) is 14.9 Å². The van der Waals surface area contributed by atoms with E-state index < -0.39 is 0 Å². The van der Waals surface area contributed by atoms with Gasteiger partial charge in [-0.3, -0.25) is 14.7 Å². The Labute approximate surface area is 263 Å². The third-order valence-corrected chi connectivity index (χ3v) is 7.46. The molecular formula is C36H36FN5O3. The average molecular weight is 606 g/mol. The monoisotopic (exact) mass is 605 g/mol. The highest BCUT2D eigenvalue weighted by molar-refractivity contribution is 5.94. The van der Waals surface area contributed by atoms with Crippen LogP contribution in [-0.4, -0.2) is 54.7 Å². The third kappa shape index (κ3) is 9.47. The molecule has 1 aliphatic rings. The van der Waals surface area contributed by atoms with Crippen LogP contribution in [0.5, 0.6) is 0 Å². The van der Waals surface area contributed by atoms with E-state index in [2.05, 4.69) is 37.7 Å². The van der Waals surface area contributed by atoms with Crippen LogP contribution in [0.1, 0.15) is 51.1 Å². The Morgan fingerprint density at radius 3 is 2.49 bits per heavy atom. The number of anilines is 1. The number of rotatable bonds is 9. The Hall–Kier alpha value is -5.04. The fourth-order valence-corrected chi connectivity index (χ4v) is 4.97. The number of benzene rings is 3. The number of carbonyl (C=O) groups excluding carboxylic acids is 2. The van der Waals surface area contributed by atoms with Crippen molar-refractivity contribution in [3.05, 3.63) is 130 Å². The molecule has 1 aliphatic heterocycles. The summed E-state index contributed by atoms with van der Waals surface area (Å²) in [4.78, 5) is 32.2. The molecule has 3 N–H and O–H groups in total. The number of halogens is 1. The lowest BCUT2D eigenvalue weighted by atomic mass is 9.99. The first-order valence-electron chi connectivity index (χ1n) is 15.0. The Kier molecular flexibility index (Phi) is 10.9. The second kappa shape index (κ2) is 15.6. The van der Waals surface area contributed by atoms with E-state index in [1.165, 1.54) is 12.1 Å². The molecule has 4 aromatic rings. The molecule has 1 atom stereocenters. The van der Waals surface area contributed by atoms with Crippen molar-refractivity contribution in [2.45, 2.75) is 25.9 Å². The molecule has 3 amide bonds. The van der Waals surface area contributed by atoms with Crippen molar-refractivity contribution in [1.82, 2.24) is 20.5 Å². The molecule has 3 aromatic carbocycles. The van der Waals surface area contributed by atoms with E-state index in [9.17, 15) is 14.0 Å². The quantitative estimate of drug-likeness (QED) is 0.225. The molecule has 1 unspecified atom stereocenters. The van der Waals surface area contributed by atoms with Crippen LogP contribution < -0.4 is 16.0 Å². The van der Waals surface area contributed by atoms with Gasteiger partial charge in [0.25, 0.3) is 5.91 Å². The number of nitrogens with one attached hydrogen (secondary N) is 3. The summed E-state index contributed by atoms with van der Waals surface area (Å²) < 4.78 is 18.8. The van der Waals surface area contributed by atoms with E-state index in [0.717, 1.165) is 49.5 Å². The number of ether oxygens (including phenoxy) is 1. The lowest BCUT2D eigenvalue weighted by Crippen LogP contribution is -2.35. The largest absolute Gasteiger partial charge is 0.379 e. The highest BCUT2D eigenvalue weighted by atomic mass is 19.1. The summed E-state index contributed by atoms with van der Waals surface area (Å²) in [6.45, 7) is 6.44. The maximum Gasteiger partial charge on any atom is 0.319 e. The fourth-order valence-electron chi connectivity index (χ4n) is 4.97. The number of hydrogen-bond donors (Lipinski definition) is 3. The third-order valence-electron chi connectivity index (χ3n) is 7.46. The number of aromatic nitrogens is 1. The molecule has 1 fully saturated rings. The summed E-state index contributed by atoms with van der Waals surface area (Å²) >= 11 is 0. The Balaban J connectivity index is 1.27. The topological polar surface area (TPSA) is 95.6 Å². The van der Waals surface area contributed by atoms with E-state index in [1.807, 2.05) is 49.4 Å². The summed E-state index contributed by atoms with van der Waals surface area (Å²) in [5.41, 5.74) is 5.33. The van der Waals surface area contributed by atoms with Crippen molar-refractivity contribution in [1.29, 1.82) is 0 Å². The zero-order valence-electron chi connectivity index (χ0n) is 25.2. The van der Waals surface area contributed by atoms with E-state index in [4.69, 9.17) is 4.74 Å². The molecule has 0 saturated carbocycles. The van der Waals surface area contributed by atoms with Gasteiger partial charge in [-0.1, -0.05) is 36.1 Å². The summed E-state index contributed by atoms with van der Waals surface area (Å²) in [7, 11) is 0. The number of nitrogens with zero attached hydrogens (tertiary/aromatic N) is 2. The van der Waals surface area contributed by atoms with Crippen molar-refractivity contribution < 1.29 is 18.7 Å². The summed E-state index contributed by atoms with van der Waals surface area (Å²) in [5, 5.41) is 8.79. The Bertz CT molecular complexity index is 1640. The van der Waals surface area contributed by atoms with Gasteiger partial charge in [0.05, 0.1) is 19.3 Å². The number of morpholine rings is 1. The summed E-state index contributed by atoms with van der Waals surface area (Å²) in [6, 6.07) is 22.1. The Morgan fingerprint density at radius 2 is 1.76 bits per heavy atom. The van der Waals surface area contributed by atoms with Gasteiger partial charge in [-0.05, 0) is 84.6 Å². The molecular weight excluding hydrogens is 569 g/mol. The normalized spacial score (nSPS) is 13.6. The maximum absolute atomic E-state index is 13.4. The second-order valence-electron chi connectivity index (χ2n) is 10.8. The van der Waals surface area contributed by atoms with Crippen LogP contribution in [0.15, 0.2) is 91.3 Å². The van der Waals surface area contributed by atoms with Crippen LogP contribution in [0.25, 0.3) is 0 Å². The lowest BCUT2D eigenvalue weighted by molar-refractivity contribution is 0.0342. The minimum absolute atomic E-state index is 0.201. The maximum atomic E-state index is 13.4.